The average molecular weight is 571 g/mol. The molecule has 5 aromatic rings. The minimum atomic E-state index is -0.697. The fourth-order valence-corrected chi connectivity index (χ4v) is 5.23. The second-order valence-corrected chi connectivity index (χ2v) is 11.2. The standard InChI is InChI=1S/C36H26N8/c1-35(2,33-31(23-11-7-5-8-12-23)41-27(19-37)29(21-39)43-33)25-15-17-26(18-16-25)36(3,4)34-32(24-13-9-6-10-14-24)42-28(20-38)30(22-40)44-34/h5-18H,1-4H3. The maximum Gasteiger partial charge on any atom is 0.177 e. The lowest BCUT2D eigenvalue weighted by Crippen LogP contribution is -2.26. The molecule has 210 valence electrons. The van der Waals surface area contributed by atoms with E-state index in [-0.39, 0.29) is 22.8 Å². The number of nitriles is 4. The second kappa shape index (κ2) is 11.6. The summed E-state index contributed by atoms with van der Waals surface area (Å²) in [4.78, 5) is 18.5. The lowest BCUT2D eigenvalue weighted by molar-refractivity contribution is 0.601. The van der Waals surface area contributed by atoms with Gasteiger partial charge in [-0.05, 0) is 11.1 Å². The van der Waals surface area contributed by atoms with Crippen LogP contribution in [0.4, 0.5) is 0 Å². The van der Waals surface area contributed by atoms with Gasteiger partial charge in [-0.2, -0.15) is 21.0 Å². The van der Waals surface area contributed by atoms with E-state index in [1.54, 1.807) is 0 Å². The highest BCUT2D eigenvalue weighted by Crippen LogP contribution is 2.40. The lowest BCUT2D eigenvalue weighted by atomic mass is 9.75. The zero-order chi connectivity index (χ0) is 31.5. The molecule has 2 heterocycles. The van der Waals surface area contributed by atoms with Crippen LogP contribution in [0.5, 0.6) is 0 Å². The molecule has 0 spiro atoms. The molecule has 8 heteroatoms. The number of hydrogen-bond acceptors (Lipinski definition) is 8. The molecule has 5 rings (SSSR count). The molecule has 0 aliphatic heterocycles. The van der Waals surface area contributed by atoms with Gasteiger partial charge in [0.15, 0.2) is 22.8 Å². The second-order valence-electron chi connectivity index (χ2n) is 11.2. The van der Waals surface area contributed by atoms with Gasteiger partial charge >= 0.3 is 0 Å². The Balaban J connectivity index is 1.63. The molecule has 0 N–H and O–H groups in total. The van der Waals surface area contributed by atoms with Crippen molar-refractivity contribution in [2.75, 3.05) is 0 Å². The van der Waals surface area contributed by atoms with Crippen molar-refractivity contribution in [3.63, 3.8) is 0 Å². The molecular formula is C36H26N8. The van der Waals surface area contributed by atoms with Crippen LogP contribution >= 0.6 is 0 Å². The molecule has 0 atom stereocenters. The minimum Gasteiger partial charge on any atom is -0.236 e. The van der Waals surface area contributed by atoms with E-state index in [0.717, 1.165) is 22.3 Å². The number of rotatable bonds is 6. The van der Waals surface area contributed by atoms with E-state index in [4.69, 9.17) is 0 Å². The monoisotopic (exact) mass is 570 g/mol. The van der Waals surface area contributed by atoms with Crippen LogP contribution in [0.2, 0.25) is 0 Å². The Labute approximate surface area is 256 Å². The number of hydrogen-bond donors (Lipinski definition) is 0. The van der Waals surface area contributed by atoms with Gasteiger partial charge < -0.3 is 0 Å². The highest BCUT2D eigenvalue weighted by Gasteiger charge is 2.34. The minimum absolute atomic E-state index is 0.0162. The molecule has 0 fully saturated rings. The van der Waals surface area contributed by atoms with Gasteiger partial charge in [-0.25, -0.2) is 19.9 Å². The molecule has 0 amide bonds. The molecule has 0 radical (unpaired) electrons. The predicted molar refractivity (Wildman–Crippen MR) is 164 cm³/mol. The molecule has 0 saturated heterocycles. The summed E-state index contributed by atoms with van der Waals surface area (Å²) in [6.07, 6.45) is 0. The normalized spacial score (nSPS) is 11.1. The first kappa shape index (κ1) is 29.3. The summed E-state index contributed by atoms with van der Waals surface area (Å²) in [5.41, 5.74) is 4.20. The van der Waals surface area contributed by atoms with Gasteiger partial charge in [-0.15, -0.1) is 0 Å². The maximum absolute atomic E-state index is 9.73. The van der Waals surface area contributed by atoms with Crippen molar-refractivity contribution in [2.24, 2.45) is 0 Å². The van der Waals surface area contributed by atoms with Crippen LogP contribution in [0.3, 0.4) is 0 Å². The summed E-state index contributed by atoms with van der Waals surface area (Å²) in [7, 11) is 0. The fraction of sp³-hybridized carbons (Fsp3) is 0.167. The van der Waals surface area contributed by atoms with Crippen LogP contribution in [-0.4, -0.2) is 19.9 Å². The summed E-state index contributed by atoms with van der Waals surface area (Å²) in [6, 6.07) is 35.0. The number of benzene rings is 3. The van der Waals surface area contributed by atoms with Gasteiger partial charge in [-0.3, -0.25) is 0 Å². The van der Waals surface area contributed by atoms with E-state index in [1.807, 2.05) is 137 Å². The smallest absolute Gasteiger partial charge is 0.177 e. The number of nitrogens with zero attached hydrogens (tertiary/aromatic N) is 8. The van der Waals surface area contributed by atoms with Gasteiger partial charge in [-0.1, -0.05) is 113 Å². The summed E-state index contributed by atoms with van der Waals surface area (Å²) in [5.74, 6) is 0. The summed E-state index contributed by atoms with van der Waals surface area (Å²) >= 11 is 0. The Kier molecular flexibility index (Phi) is 7.70. The molecule has 44 heavy (non-hydrogen) atoms. The number of aromatic nitrogens is 4. The molecule has 3 aromatic carbocycles. The Morgan fingerprint density at radius 1 is 0.432 bits per heavy atom. The Bertz CT molecular complexity index is 1890. The lowest BCUT2D eigenvalue weighted by Gasteiger charge is -2.30. The van der Waals surface area contributed by atoms with E-state index >= 15 is 0 Å². The van der Waals surface area contributed by atoms with E-state index in [2.05, 4.69) is 19.9 Å². The maximum atomic E-state index is 9.73. The average Bonchev–Trinajstić information content (AvgIpc) is 3.07. The topological polar surface area (TPSA) is 147 Å². The Morgan fingerprint density at radius 2 is 0.727 bits per heavy atom. The van der Waals surface area contributed by atoms with E-state index in [1.165, 1.54) is 0 Å². The summed E-state index contributed by atoms with van der Waals surface area (Å²) in [5, 5.41) is 38.7. The van der Waals surface area contributed by atoms with Crippen LogP contribution in [0.25, 0.3) is 22.5 Å². The highest BCUT2D eigenvalue weighted by molar-refractivity contribution is 5.67. The zero-order valence-electron chi connectivity index (χ0n) is 24.7. The van der Waals surface area contributed by atoms with Crippen LogP contribution in [0.15, 0.2) is 84.9 Å². The quantitative estimate of drug-likeness (QED) is 0.218. The van der Waals surface area contributed by atoms with Crippen molar-refractivity contribution >= 4 is 0 Å². The predicted octanol–water partition coefficient (Wildman–Crippen LogP) is 6.74. The third kappa shape index (κ3) is 5.14. The van der Waals surface area contributed by atoms with Crippen LogP contribution in [0.1, 0.15) is 73.0 Å². The van der Waals surface area contributed by atoms with Crippen LogP contribution < -0.4 is 0 Å². The third-order valence-corrected chi connectivity index (χ3v) is 7.82. The molecule has 2 aromatic heterocycles. The highest BCUT2D eigenvalue weighted by atomic mass is 14.9. The Hall–Kier alpha value is -6.22. The molecular weight excluding hydrogens is 544 g/mol. The molecule has 0 aliphatic carbocycles. The van der Waals surface area contributed by atoms with Gasteiger partial charge in [0.2, 0.25) is 0 Å². The van der Waals surface area contributed by atoms with Crippen molar-refractivity contribution in [1.82, 2.24) is 19.9 Å². The van der Waals surface area contributed by atoms with Gasteiger partial charge in [0.1, 0.15) is 24.3 Å². The molecule has 0 saturated carbocycles. The third-order valence-electron chi connectivity index (χ3n) is 7.82. The van der Waals surface area contributed by atoms with Crippen molar-refractivity contribution in [1.29, 1.82) is 21.0 Å². The largest absolute Gasteiger partial charge is 0.236 e. The van der Waals surface area contributed by atoms with Crippen molar-refractivity contribution in [3.8, 4) is 46.8 Å². The first-order valence-corrected chi connectivity index (χ1v) is 13.8. The van der Waals surface area contributed by atoms with Crippen molar-refractivity contribution in [2.45, 2.75) is 38.5 Å². The molecule has 8 nitrogen and oxygen atoms in total. The van der Waals surface area contributed by atoms with E-state index < -0.39 is 10.8 Å². The van der Waals surface area contributed by atoms with Crippen LogP contribution in [-0.2, 0) is 10.8 Å². The van der Waals surface area contributed by atoms with E-state index in [9.17, 15) is 21.0 Å². The first-order chi connectivity index (χ1) is 21.1. The summed E-state index contributed by atoms with van der Waals surface area (Å²) < 4.78 is 0. The summed E-state index contributed by atoms with van der Waals surface area (Å²) in [6.45, 7) is 8.04. The fourth-order valence-electron chi connectivity index (χ4n) is 5.23. The van der Waals surface area contributed by atoms with Crippen molar-refractivity contribution in [3.05, 3.63) is 130 Å². The molecule has 0 unspecified atom stereocenters. The Morgan fingerprint density at radius 3 is 1.02 bits per heavy atom. The first-order valence-electron chi connectivity index (χ1n) is 13.8. The zero-order valence-corrected chi connectivity index (χ0v) is 24.7. The van der Waals surface area contributed by atoms with E-state index in [0.29, 0.717) is 22.8 Å². The molecule has 0 bridgehead atoms. The van der Waals surface area contributed by atoms with Crippen molar-refractivity contribution < 1.29 is 0 Å². The SMILES string of the molecule is CC(C)(c1ccc(C(C)(C)c2nc(C#N)c(C#N)nc2-c2ccccc2)cc1)c1nc(C#N)c(C#N)nc1-c1ccccc1. The van der Waals surface area contributed by atoms with Crippen LogP contribution in [0, 0.1) is 45.3 Å². The molecule has 0 aliphatic rings. The van der Waals surface area contributed by atoms with Gasteiger partial charge in [0.05, 0.1) is 22.8 Å². The van der Waals surface area contributed by atoms with Gasteiger partial charge in [0.25, 0.3) is 0 Å². The van der Waals surface area contributed by atoms with Gasteiger partial charge in [0, 0.05) is 22.0 Å².